The van der Waals surface area contributed by atoms with Crippen molar-refractivity contribution in [2.45, 2.75) is 25.9 Å². The van der Waals surface area contributed by atoms with Gasteiger partial charge >= 0.3 is 0 Å². The molecule has 0 saturated carbocycles. The second-order valence-electron chi connectivity index (χ2n) is 4.50. The minimum atomic E-state index is -0.428. The lowest BCUT2D eigenvalue weighted by atomic mass is 10.3. The maximum absolute atomic E-state index is 11.3. The number of nitrogens with zero attached hydrogens (tertiary/aromatic N) is 2. The lowest BCUT2D eigenvalue weighted by Crippen LogP contribution is -2.47. The molecule has 0 aromatic heterocycles. The Labute approximate surface area is 106 Å². The largest absolute Gasteiger partial charge is 0.364 e. The van der Waals surface area contributed by atoms with E-state index < -0.39 is 11.8 Å². The molecule has 0 unspecified atom stereocenters. The molecule has 0 bridgehead atoms. The first-order valence-corrected chi connectivity index (χ1v) is 6.05. The number of amides is 2. The van der Waals surface area contributed by atoms with Gasteiger partial charge < -0.3 is 21.3 Å². The van der Waals surface area contributed by atoms with E-state index in [9.17, 15) is 9.59 Å². The summed E-state index contributed by atoms with van der Waals surface area (Å²) < 4.78 is 0. The highest BCUT2D eigenvalue weighted by Crippen LogP contribution is 2.25. The molecule has 0 aliphatic carbocycles. The van der Waals surface area contributed by atoms with E-state index in [-0.39, 0.29) is 6.17 Å². The van der Waals surface area contributed by atoms with E-state index in [0.29, 0.717) is 11.4 Å². The molecule has 2 aliphatic rings. The van der Waals surface area contributed by atoms with Crippen molar-refractivity contribution in [2.24, 2.45) is 11.5 Å². The summed E-state index contributed by atoms with van der Waals surface area (Å²) in [5.74, 6) is -0.855. The Morgan fingerprint density at radius 1 is 1.06 bits per heavy atom. The zero-order valence-corrected chi connectivity index (χ0v) is 10.4. The highest BCUT2D eigenvalue weighted by Gasteiger charge is 2.31. The molecule has 98 valence electrons. The Bertz CT molecular complexity index is 401. The first-order valence-electron chi connectivity index (χ1n) is 6.05. The molecule has 18 heavy (non-hydrogen) atoms. The average Bonchev–Trinajstić information content (AvgIpc) is 2.97. The fraction of sp³-hybridized carbons (Fsp3) is 0.500. The van der Waals surface area contributed by atoms with Gasteiger partial charge in [-0.1, -0.05) is 12.2 Å². The first kappa shape index (κ1) is 12.5. The Balaban J connectivity index is 2.15. The van der Waals surface area contributed by atoms with E-state index in [1.807, 2.05) is 28.9 Å². The van der Waals surface area contributed by atoms with Crippen molar-refractivity contribution in [3.63, 3.8) is 0 Å². The number of carbonyl (C=O) groups excluding carboxylic acids is 2. The molecule has 2 amide bonds. The molecule has 0 atom stereocenters. The third-order valence-electron chi connectivity index (χ3n) is 3.44. The number of rotatable bonds is 4. The van der Waals surface area contributed by atoms with Crippen LogP contribution in [0.2, 0.25) is 0 Å². The van der Waals surface area contributed by atoms with Gasteiger partial charge in [-0.05, 0) is 19.8 Å². The summed E-state index contributed by atoms with van der Waals surface area (Å²) in [7, 11) is 0. The second-order valence-corrected chi connectivity index (χ2v) is 4.50. The van der Waals surface area contributed by atoms with E-state index in [2.05, 4.69) is 0 Å². The molecule has 0 spiro atoms. The standard InChI is InChI=1S/C12H18N4O2/c1-8(15-6-2-4-9(15)11(13)17)16-7-3-5-10(16)12(14)18/h4-5,8H,2-3,6-7H2,1H3,(H2,13,17)(H2,14,18). The molecule has 0 aromatic rings. The lowest BCUT2D eigenvalue weighted by Gasteiger charge is -2.37. The van der Waals surface area contributed by atoms with Gasteiger partial charge in [0.25, 0.3) is 11.8 Å². The molecule has 0 saturated heterocycles. The molecule has 2 aliphatic heterocycles. The molecule has 2 heterocycles. The summed E-state index contributed by atoms with van der Waals surface area (Å²) in [6, 6.07) is 0. The normalized spacial score (nSPS) is 19.2. The summed E-state index contributed by atoms with van der Waals surface area (Å²) in [5.41, 5.74) is 11.7. The third-order valence-corrected chi connectivity index (χ3v) is 3.44. The molecule has 0 radical (unpaired) electrons. The molecular weight excluding hydrogens is 232 g/mol. The van der Waals surface area contributed by atoms with Gasteiger partial charge in [-0.2, -0.15) is 0 Å². The second kappa shape index (κ2) is 4.72. The van der Waals surface area contributed by atoms with Crippen LogP contribution in [-0.4, -0.2) is 40.9 Å². The number of nitrogens with two attached hydrogens (primary N) is 2. The molecule has 2 rings (SSSR count). The van der Waals surface area contributed by atoms with E-state index in [1.54, 1.807) is 0 Å². The average molecular weight is 250 g/mol. The predicted molar refractivity (Wildman–Crippen MR) is 66.7 cm³/mol. The number of primary amides is 2. The number of hydrogen-bond acceptors (Lipinski definition) is 4. The van der Waals surface area contributed by atoms with Crippen LogP contribution < -0.4 is 11.5 Å². The van der Waals surface area contributed by atoms with Crippen molar-refractivity contribution in [3.8, 4) is 0 Å². The summed E-state index contributed by atoms with van der Waals surface area (Å²) >= 11 is 0. The molecule has 0 aromatic carbocycles. The van der Waals surface area contributed by atoms with Crippen molar-refractivity contribution in [1.29, 1.82) is 0 Å². The van der Waals surface area contributed by atoms with Crippen LogP contribution in [0.25, 0.3) is 0 Å². The Morgan fingerprint density at radius 2 is 1.44 bits per heavy atom. The monoisotopic (exact) mass is 250 g/mol. The Hall–Kier alpha value is -1.98. The maximum atomic E-state index is 11.3. The highest BCUT2D eigenvalue weighted by atomic mass is 16.2. The van der Waals surface area contributed by atoms with Gasteiger partial charge in [0.15, 0.2) is 0 Å². The summed E-state index contributed by atoms with van der Waals surface area (Å²) in [4.78, 5) is 26.5. The van der Waals surface area contributed by atoms with Crippen molar-refractivity contribution in [3.05, 3.63) is 23.5 Å². The molecular formula is C12H18N4O2. The summed E-state index contributed by atoms with van der Waals surface area (Å²) in [6.07, 6.45) is 5.18. The van der Waals surface area contributed by atoms with E-state index in [1.165, 1.54) is 0 Å². The van der Waals surface area contributed by atoms with E-state index >= 15 is 0 Å². The smallest absolute Gasteiger partial charge is 0.264 e. The molecule has 0 fully saturated rings. The Morgan fingerprint density at radius 3 is 1.78 bits per heavy atom. The molecule has 6 nitrogen and oxygen atoms in total. The van der Waals surface area contributed by atoms with Crippen LogP contribution >= 0.6 is 0 Å². The molecule has 6 heteroatoms. The van der Waals surface area contributed by atoms with E-state index in [4.69, 9.17) is 11.5 Å². The first-order chi connectivity index (χ1) is 8.52. The summed E-state index contributed by atoms with van der Waals surface area (Å²) in [6.45, 7) is 3.42. The number of carbonyl (C=O) groups is 2. The highest BCUT2D eigenvalue weighted by molar-refractivity contribution is 5.92. The van der Waals surface area contributed by atoms with Gasteiger partial charge in [-0.25, -0.2) is 0 Å². The SMILES string of the molecule is CC(N1CCC=C1C(N)=O)N1CCC=C1C(N)=O. The zero-order valence-electron chi connectivity index (χ0n) is 10.4. The van der Waals surface area contributed by atoms with Gasteiger partial charge in [0.05, 0.1) is 17.6 Å². The van der Waals surface area contributed by atoms with E-state index in [0.717, 1.165) is 25.9 Å². The maximum Gasteiger partial charge on any atom is 0.264 e. The molecule has 4 N–H and O–H groups in total. The van der Waals surface area contributed by atoms with Crippen LogP contribution in [0.5, 0.6) is 0 Å². The predicted octanol–water partition coefficient (Wildman–Crippen LogP) is -0.518. The number of hydrogen-bond donors (Lipinski definition) is 2. The Kier molecular flexibility index (Phi) is 3.27. The quantitative estimate of drug-likeness (QED) is 0.702. The van der Waals surface area contributed by atoms with Gasteiger partial charge in [0.1, 0.15) is 0 Å². The topological polar surface area (TPSA) is 92.7 Å². The van der Waals surface area contributed by atoms with Crippen LogP contribution in [0, 0.1) is 0 Å². The van der Waals surface area contributed by atoms with Crippen molar-refractivity contribution in [2.75, 3.05) is 13.1 Å². The van der Waals surface area contributed by atoms with Gasteiger partial charge in [0, 0.05) is 13.1 Å². The van der Waals surface area contributed by atoms with Crippen LogP contribution in [0.1, 0.15) is 19.8 Å². The van der Waals surface area contributed by atoms with Crippen molar-refractivity contribution in [1.82, 2.24) is 9.80 Å². The fourth-order valence-electron chi connectivity index (χ4n) is 2.58. The fourth-order valence-corrected chi connectivity index (χ4v) is 2.58. The lowest BCUT2D eigenvalue weighted by molar-refractivity contribution is -0.117. The minimum absolute atomic E-state index is 0.0903. The minimum Gasteiger partial charge on any atom is -0.364 e. The third kappa shape index (κ3) is 2.05. The van der Waals surface area contributed by atoms with Crippen LogP contribution in [0.15, 0.2) is 23.5 Å². The van der Waals surface area contributed by atoms with Crippen molar-refractivity contribution >= 4 is 11.8 Å². The summed E-state index contributed by atoms with van der Waals surface area (Å²) in [5, 5.41) is 0. The zero-order chi connectivity index (χ0) is 13.3. The van der Waals surface area contributed by atoms with Gasteiger partial charge in [-0.3, -0.25) is 9.59 Å². The van der Waals surface area contributed by atoms with Crippen LogP contribution in [-0.2, 0) is 9.59 Å². The van der Waals surface area contributed by atoms with Gasteiger partial charge in [-0.15, -0.1) is 0 Å². The van der Waals surface area contributed by atoms with Crippen molar-refractivity contribution < 1.29 is 9.59 Å². The van der Waals surface area contributed by atoms with Gasteiger partial charge in [0.2, 0.25) is 0 Å². The van der Waals surface area contributed by atoms with Crippen LogP contribution in [0.4, 0.5) is 0 Å². The van der Waals surface area contributed by atoms with Crippen LogP contribution in [0.3, 0.4) is 0 Å².